The number of methoxy groups -OCH3 is 1. The van der Waals surface area contributed by atoms with E-state index >= 15 is 0 Å². The van der Waals surface area contributed by atoms with Crippen LogP contribution in [0.3, 0.4) is 0 Å². The number of fused-ring (bicyclic) bond motifs is 1. The molecule has 5 rings (SSSR count). The molecular formula is C26H28N4O3. The van der Waals surface area contributed by atoms with E-state index in [4.69, 9.17) is 14.5 Å². The maximum absolute atomic E-state index is 13.3. The van der Waals surface area contributed by atoms with Crippen LogP contribution >= 0.6 is 0 Å². The van der Waals surface area contributed by atoms with Crippen molar-refractivity contribution in [2.75, 3.05) is 45.3 Å². The molecule has 2 aliphatic heterocycles. The summed E-state index contributed by atoms with van der Waals surface area (Å²) in [6.07, 6.45) is 5.28. The number of nitrogens with zero attached hydrogens (tertiary/aromatic N) is 4. The Morgan fingerprint density at radius 3 is 2.79 bits per heavy atom. The minimum Gasteiger partial charge on any atom is -0.497 e. The number of anilines is 1. The van der Waals surface area contributed by atoms with E-state index in [9.17, 15) is 4.79 Å². The standard InChI is InChI=1S/C26H28N4O3/c1-29-11-3-4-19-14-20(7-10-24(19)29)26(31)30-12-13-33-25(17-30)23-16-27-15-22(28-23)18-5-8-21(32-2)9-6-18/h5-10,14-16,25H,3-4,11-13,17H2,1-2H3/t25-/m0/s1. The highest BCUT2D eigenvalue weighted by Crippen LogP contribution is 2.29. The second-order valence-corrected chi connectivity index (χ2v) is 8.54. The molecule has 2 aliphatic rings. The van der Waals surface area contributed by atoms with Crippen LogP contribution in [0, 0.1) is 0 Å². The summed E-state index contributed by atoms with van der Waals surface area (Å²) in [6.45, 7) is 2.55. The molecule has 1 amide bonds. The van der Waals surface area contributed by atoms with Gasteiger partial charge in [-0.2, -0.15) is 0 Å². The van der Waals surface area contributed by atoms with E-state index in [0.717, 1.165) is 47.7 Å². The van der Waals surface area contributed by atoms with E-state index in [1.807, 2.05) is 35.2 Å². The van der Waals surface area contributed by atoms with Crippen LogP contribution in [0.15, 0.2) is 54.9 Å². The summed E-state index contributed by atoms with van der Waals surface area (Å²) in [6, 6.07) is 13.8. The van der Waals surface area contributed by atoms with Crippen molar-refractivity contribution in [2.24, 2.45) is 0 Å². The molecule has 3 aromatic rings. The van der Waals surface area contributed by atoms with Crippen molar-refractivity contribution in [2.45, 2.75) is 18.9 Å². The highest BCUT2D eigenvalue weighted by Gasteiger charge is 2.28. The molecule has 3 heterocycles. The lowest BCUT2D eigenvalue weighted by atomic mass is 9.99. The molecule has 0 bridgehead atoms. The molecule has 1 saturated heterocycles. The summed E-state index contributed by atoms with van der Waals surface area (Å²) in [5.74, 6) is 0.833. The van der Waals surface area contributed by atoms with Crippen LogP contribution in [0.4, 0.5) is 5.69 Å². The summed E-state index contributed by atoms with van der Waals surface area (Å²) >= 11 is 0. The molecule has 170 valence electrons. The van der Waals surface area contributed by atoms with Gasteiger partial charge in [0.05, 0.1) is 44.0 Å². The fourth-order valence-electron chi connectivity index (χ4n) is 4.55. The minimum absolute atomic E-state index is 0.0404. The Labute approximate surface area is 194 Å². The highest BCUT2D eigenvalue weighted by atomic mass is 16.5. The topological polar surface area (TPSA) is 67.8 Å². The monoisotopic (exact) mass is 444 g/mol. The van der Waals surface area contributed by atoms with Gasteiger partial charge in [0.1, 0.15) is 11.9 Å². The molecule has 1 atom stereocenters. The summed E-state index contributed by atoms with van der Waals surface area (Å²) in [4.78, 5) is 26.6. The van der Waals surface area contributed by atoms with Gasteiger partial charge in [-0.25, -0.2) is 4.98 Å². The average molecular weight is 445 g/mol. The zero-order chi connectivity index (χ0) is 22.8. The van der Waals surface area contributed by atoms with Crippen molar-refractivity contribution in [3.05, 3.63) is 71.7 Å². The second-order valence-electron chi connectivity index (χ2n) is 8.54. The van der Waals surface area contributed by atoms with Crippen LogP contribution in [-0.4, -0.2) is 61.2 Å². The van der Waals surface area contributed by atoms with E-state index in [2.05, 4.69) is 29.1 Å². The zero-order valence-electron chi connectivity index (χ0n) is 19.0. The van der Waals surface area contributed by atoms with Gasteiger partial charge in [-0.3, -0.25) is 9.78 Å². The van der Waals surface area contributed by atoms with Crippen LogP contribution in [0.1, 0.15) is 34.1 Å². The van der Waals surface area contributed by atoms with Crippen molar-refractivity contribution in [1.29, 1.82) is 0 Å². The Morgan fingerprint density at radius 2 is 1.97 bits per heavy atom. The van der Waals surface area contributed by atoms with Crippen LogP contribution in [-0.2, 0) is 11.2 Å². The Morgan fingerprint density at radius 1 is 1.12 bits per heavy atom. The third-order valence-corrected chi connectivity index (χ3v) is 6.40. The van der Waals surface area contributed by atoms with Gasteiger partial charge >= 0.3 is 0 Å². The lowest BCUT2D eigenvalue weighted by Gasteiger charge is -2.33. The Balaban J connectivity index is 1.33. The van der Waals surface area contributed by atoms with Gasteiger partial charge in [0.2, 0.25) is 0 Å². The van der Waals surface area contributed by atoms with E-state index in [1.165, 1.54) is 11.3 Å². The van der Waals surface area contributed by atoms with Crippen molar-refractivity contribution in [3.63, 3.8) is 0 Å². The SMILES string of the molecule is COc1ccc(-c2cncc([C@@H]3CN(C(=O)c4ccc5c(c4)CCCN5C)CCO3)n2)cc1. The molecule has 2 aromatic carbocycles. The zero-order valence-corrected chi connectivity index (χ0v) is 19.0. The average Bonchev–Trinajstić information content (AvgIpc) is 2.88. The Kier molecular flexibility index (Phi) is 5.96. The lowest BCUT2D eigenvalue weighted by molar-refractivity contribution is -0.0248. The fourth-order valence-corrected chi connectivity index (χ4v) is 4.55. The van der Waals surface area contributed by atoms with Crippen molar-refractivity contribution < 1.29 is 14.3 Å². The van der Waals surface area contributed by atoms with E-state index in [-0.39, 0.29) is 12.0 Å². The number of hydrogen-bond donors (Lipinski definition) is 0. The summed E-state index contributed by atoms with van der Waals surface area (Å²) in [5, 5.41) is 0. The molecule has 7 heteroatoms. The largest absolute Gasteiger partial charge is 0.497 e. The minimum atomic E-state index is -0.308. The quantitative estimate of drug-likeness (QED) is 0.611. The molecular weight excluding hydrogens is 416 g/mol. The molecule has 0 unspecified atom stereocenters. The van der Waals surface area contributed by atoms with Crippen molar-refractivity contribution in [3.8, 4) is 17.0 Å². The van der Waals surface area contributed by atoms with Gasteiger partial charge in [-0.05, 0) is 60.9 Å². The molecule has 1 fully saturated rings. The number of benzene rings is 2. The molecule has 7 nitrogen and oxygen atoms in total. The predicted octanol–water partition coefficient (Wildman–Crippen LogP) is 3.75. The normalized spacial score (nSPS) is 18.1. The first-order valence-electron chi connectivity index (χ1n) is 11.3. The number of ether oxygens (including phenoxy) is 2. The predicted molar refractivity (Wildman–Crippen MR) is 127 cm³/mol. The smallest absolute Gasteiger partial charge is 0.254 e. The van der Waals surface area contributed by atoms with Crippen LogP contribution < -0.4 is 9.64 Å². The maximum Gasteiger partial charge on any atom is 0.254 e. The fraction of sp³-hybridized carbons (Fsp3) is 0.346. The van der Waals surface area contributed by atoms with Gasteiger partial charge < -0.3 is 19.3 Å². The molecule has 1 aromatic heterocycles. The number of aryl methyl sites for hydroxylation is 1. The molecule has 0 spiro atoms. The number of hydrogen-bond acceptors (Lipinski definition) is 6. The first kappa shape index (κ1) is 21.4. The molecule has 0 aliphatic carbocycles. The summed E-state index contributed by atoms with van der Waals surface area (Å²) < 4.78 is 11.2. The number of morpholine rings is 1. The Bertz CT molecular complexity index is 1150. The first-order chi connectivity index (χ1) is 16.1. The Hall–Kier alpha value is -3.45. The van der Waals surface area contributed by atoms with Gasteiger partial charge in [-0.15, -0.1) is 0 Å². The summed E-state index contributed by atoms with van der Waals surface area (Å²) in [7, 11) is 3.75. The van der Waals surface area contributed by atoms with Gasteiger partial charge in [0.25, 0.3) is 5.91 Å². The number of amides is 1. The van der Waals surface area contributed by atoms with Gasteiger partial charge in [0, 0.05) is 37.0 Å². The van der Waals surface area contributed by atoms with E-state index < -0.39 is 0 Å². The third-order valence-electron chi connectivity index (χ3n) is 6.40. The summed E-state index contributed by atoms with van der Waals surface area (Å²) in [5.41, 5.74) is 5.66. The van der Waals surface area contributed by atoms with Crippen LogP contribution in [0.25, 0.3) is 11.3 Å². The molecule has 0 radical (unpaired) electrons. The number of rotatable bonds is 4. The third kappa shape index (κ3) is 4.41. The lowest BCUT2D eigenvalue weighted by Crippen LogP contribution is -2.42. The first-order valence-corrected chi connectivity index (χ1v) is 11.3. The van der Waals surface area contributed by atoms with E-state index in [0.29, 0.717) is 19.7 Å². The molecule has 0 saturated carbocycles. The van der Waals surface area contributed by atoms with Crippen molar-refractivity contribution in [1.82, 2.24) is 14.9 Å². The van der Waals surface area contributed by atoms with Crippen molar-refractivity contribution >= 4 is 11.6 Å². The van der Waals surface area contributed by atoms with Crippen LogP contribution in [0.2, 0.25) is 0 Å². The van der Waals surface area contributed by atoms with E-state index in [1.54, 1.807) is 19.5 Å². The van der Waals surface area contributed by atoms with Gasteiger partial charge in [-0.1, -0.05) is 0 Å². The number of carbonyl (C=O) groups excluding carboxylic acids is 1. The number of carbonyl (C=O) groups is 1. The van der Waals surface area contributed by atoms with Crippen LogP contribution in [0.5, 0.6) is 5.75 Å². The molecule has 33 heavy (non-hydrogen) atoms. The van der Waals surface area contributed by atoms with Gasteiger partial charge in [0.15, 0.2) is 0 Å². The number of aromatic nitrogens is 2. The second kappa shape index (κ2) is 9.19. The highest BCUT2D eigenvalue weighted by molar-refractivity contribution is 5.95. The maximum atomic E-state index is 13.3. The molecule has 0 N–H and O–H groups in total.